The zero-order chi connectivity index (χ0) is 14.4. The van der Waals surface area contributed by atoms with Crippen LogP contribution in [0.2, 0.25) is 0 Å². The van der Waals surface area contributed by atoms with Crippen molar-refractivity contribution in [2.45, 2.75) is 59.8 Å². The van der Waals surface area contributed by atoms with E-state index in [1.165, 1.54) is 0 Å². The second-order valence-electron chi connectivity index (χ2n) is 7.59. The summed E-state index contributed by atoms with van der Waals surface area (Å²) < 4.78 is 0. The van der Waals surface area contributed by atoms with Crippen LogP contribution >= 0.6 is 0 Å². The molecule has 2 saturated carbocycles. The quantitative estimate of drug-likeness (QED) is 0.832. The summed E-state index contributed by atoms with van der Waals surface area (Å²) in [5.41, 5.74) is -0.206. The normalized spacial score (nSPS) is 41.7. The number of aliphatic carboxylic acids is 1. The molecule has 0 heterocycles. The van der Waals surface area contributed by atoms with Gasteiger partial charge in [-0.1, -0.05) is 27.7 Å². The standard InChI is InChI=1S/C16H26O3/c1-10-5-6-11-14(16(10,4)9-13(18)19)12(17)7-8-15(11,2)3/h10-11,14H,5-9H2,1-4H3,(H,18,19). The fourth-order valence-corrected chi connectivity index (χ4v) is 4.52. The molecule has 0 spiro atoms. The van der Waals surface area contributed by atoms with Gasteiger partial charge in [0.25, 0.3) is 0 Å². The molecule has 0 aromatic rings. The van der Waals surface area contributed by atoms with Gasteiger partial charge in [-0.2, -0.15) is 0 Å². The maximum atomic E-state index is 12.5. The average Bonchev–Trinajstić information content (AvgIpc) is 2.27. The summed E-state index contributed by atoms with van der Waals surface area (Å²) in [5, 5.41) is 9.24. The van der Waals surface area contributed by atoms with Gasteiger partial charge in [-0.15, -0.1) is 0 Å². The third-order valence-electron chi connectivity index (χ3n) is 6.05. The van der Waals surface area contributed by atoms with Crippen LogP contribution in [0.15, 0.2) is 0 Å². The van der Waals surface area contributed by atoms with Crippen LogP contribution in [0.5, 0.6) is 0 Å². The first-order chi connectivity index (χ1) is 8.68. The lowest BCUT2D eigenvalue weighted by atomic mass is 9.47. The van der Waals surface area contributed by atoms with Crippen molar-refractivity contribution in [1.29, 1.82) is 0 Å². The molecule has 3 heteroatoms. The van der Waals surface area contributed by atoms with E-state index in [9.17, 15) is 14.7 Å². The monoisotopic (exact) mass is 266 g/mol. The van der Waals surface area contributed by atoms with E-state index in [1.807, 2.05) is 6.92 Å². The fourth-order valence-electron chi connectivity index (χ4n) is 4.52. The van der Waals surface area contributed by atoms with Crippen molar-refractivity contribution in [3.05, 3.63) is 0 Å². The van der Waals surface area contributed by atoms with E-state index in [2.05, 4.69) is 20.8 Å². The van der Waals surface area contributed by atoms with E-state index in [1.54, 1.807) is 0 Å². The van der Waals surface area contributed by atoms with E-state index in [4.69, 9.17) is 0 Å². The maximum Gasteiger partial charge on any atom is 0.303 e. The highest BCUT2D eigenvalue weighted by Crippen LogP contribution is 2.58. The number of rotatable bonds is 2. The van der Waals surface area contributed by atoms with E-state index in [0.29, 0.717) is 24.0 Å². The molecule has 4 unspecified atom stereocenters. The number of ketones is 1. The van der Waals surface area contributed by atoms with Crippen molar-refractivity contribution in [2.75, 3.05) is 0 Å². The highest BCUT2D eigenvalue weighted by atomic mass is 16.4. The van der Waals surface area contributed by atoms with Crippen LogP contribution in [0, 0.1) is 28.6 Å². The van der Waals surface area contributed by atoms with Crippen molar-refractivity contribution in [1.82, 2.24) is 0 Å². The summed E-state index contributed by atoms with van der Waals surface area (Å²) in [4.78, 5) is 23.7. The Morgan fingerprint density at radius 1 is 1.32 bits per heavy atom. The predicted octanol–water partition coefficient (Wildman–Crippen LogP) is 3.52. The number of hydrogen-bond acceptors (Lipinski definition) is 2. The lowest BCUT2D eigenvalue weighted by Crippen LogP contribution is -2.54. The van der Waals surface area contributed by atoms with Gasteiger partial charge in [0.15, 0.2) is 0 Å². The molecule has 19 heavy (non-hydrogen) atoms. The first-order valence-corrected chi connectivity index (χ1v) is 7.43. The third kappa shape index (κ3) is 2.32. The van der Waals surface area contributed by atoms with Crippen LogP contribution in [0.4, 0.5) is 0 Å². The van der Waals surface area contributed by atoms with Gasteiger partial charge in [0.05, 0.1) is 6.42 Å². The highest BCUT2D eigenvalue weighted by Gasteiger charge is 2.56. The Labute approximate surface area is 115 Å². The minimum atomic E-state index is -0.772. The Kier molecular flexibility index (Phi) is 3.53. The number of carboxylic acid groups (broad SMARTS) is 1. The van der Waals surface area contributed by atoms with Crippen LogP contribution in [0.1, 0.15) is 59.8 Å². The molecule has 3 nitrogen and oxygen atoms in total. The second kappa shape index (κ2) is 4.60. The number of fused-ring (bicyclic) bond motifs is 1. The van der Waals surface area contributed by atoms with Crippen LogP contribution < -0.4 is 0 Å². The SMILES string of the molecule is CC1CCC2C(C(=O)CCC2(C)C)C1(C)CC(=O)O. The predicted molar refractivity (Wildman–Crippen MR) is 73.8 cm³/mol. The van der Waals surface area contributed by atoms with Crippen LogP contribution in [0.3, 0.4) is 0 Å². The molecule has 2 rings (SSSR count). The fraction of sp³-hybridized carbons (Fsp3) is 0.875. The van der Waals surface area contributed by atoms with Gasteiger partial charge in [0.1, 0.15) is 5.78 Å². The Hall–Kier alpha value is -0.860. The van der Waals surface area contributed by atoms with E-state index < -0.39 is 5.97 Å². The Morgan fingerprint density at radius 3 is 2.53 bits per heavy atom. The third-order valence-corrected chi connectivity index (χ3v) is 6.05. The minimum absolute atomic E-state index is 0.0592. The van der Waals surface area contributed by atoms with Crippen LogP contribution in [-0.4, -0.2) is 16.9 Å². The average molecular weight is 266 g/mol. The van der Waals surface area contributed by atoms with Crippen LogP contribution in [0.25, 0.3) is 0 Å². The number of carbonyl (C=O) groups is 2. The van der Waals surface area contributed by atoms with Crippen molar-refractivity contribution >= 4 is 11.8 Å². The van der Waals surface area contributed by atoms with Gasteiger partial charge in [-0.05, 0) is 41.9 Å². The van der Waals surface area contributed by atoms with Gasteiger partial charge in [-0.25, -0.2) is 0 Å². The molecular formula is C16H26O3. The summed E-state index contributed by atoms with van der Waals surface area (Å²) in [5.74, 6) is 0.138. The summed E-state index contributed by atoms with van der Waals surface area (Å²) in [6, 6.07) is 0. The molecule has 2 aliphatic carbocycles. The Balaban J connectivity index is 2.40. The lowest BCUT2D eigenvalue weighted by Gasteiger charge is -2.56. The van der Waals surface area contributed by atoms with E-state index in [-0.39, 0.29) is 23.2 Å². The minimum Gasteiger partial charge on any atom is -0.481 e. The first kappa shape index (κ1) is 14.5. The molecule has 1 N–H and O–H groups in total. The van der Waals surface area contributed by atoms with Gasteiger partial charge < -0.3 is 5.11 Å². The molecule has 0 aromatic carbocycles. The molecule has 0 aliphatic heterocycles. The second-order valence-corrected chi connectivity index (χ2v) is 7.59. The topological polar surface area (TPSA) is 54.4 Å². The van der Waals surface area contributed by atoms with Gasteiger partial charge in [-0.3, -0.25) is 9.59 Å². The smallest absolute Gasteiger partial charge is 0.303 e. The van der Waals surface area contributed by atoms with Crippen molar-refractivity contribution < 1.29 is 14.7 Å². The van der Waals surface area contributed by atoms with Gasteiger partial charge >= 0.3 is 5.97 Å². The Bertz CT molecular complexity index is 399. The van der Waals surface area contributed by atoms with Gasteiger partial charge in [0, 0.05) is 12.3 Å². The summed E-state index contributed by atoms with van der Waals surface area (Å²) in [6.07, 6.45) is 3.80. The van der Waals surface area contributed by atoms with Crippen molar-refractivity contribution in [2.24, 2.45) is 28.6 Å². The number of hydrogen-bond donors (Lipinski definition) is 1. The lowest BCUT2D eigenvalue weighted by molar-refractivity contribution is -0.156. The van der Waals surface area contributed by atoms with Crippen molar-refractivity contribution in [3.63, 3.8) is 0 Å². The first-order valence-electron chi connectivity index (χ1n) is 7.43. The summed E-state index contributed by atoms with van der Waals surface area (Å²) in [6.45, 7) is 8.64. The van der Waals surface area contributed by atoms with Crippen molar-refractivity contribution in [3.8, 4) is 0 Å². The number of carboxylic acids is 1. The largest absolute Gasteiger partial charge is 0.481 e. The Morgan fingerprint density at radius 2 is 1.95 bits per heavy atom. The molecule has 2 fully saturated rings. The van der Waals surface area contributed by atoms with E-state index >= 15 is 0 Å². The summed E-state index contributed by atoms with van der Waals surface area (Å²) >= 11 is 0. The molecule has 4 atom stereocenters. The zero-order valence-corrected chi connectivity index (χ0v) is 12.5. The highest BCUT2D eigenvalue weighted by molar-refractivity contribution is 5.84. The van der Waals surface area contributed by atoms with E-state index in [0.717, 1.165) is 19.3 Å². The number of carbonyl (C=O) groups excluding carboxylic acids is 1. The molecule has 0 saturated heterocycles. The molecule has 0 aromatic heterocycles. The molecule has 108 valence electrons. The molecule has 0 bridgehead atoms. The summed E-state index contributed by atoms with van der Waals surface area (Å²) in [7, 11) is 0. The molecular weight excluding hydrogens is 240 g/mol. The number of Topliss-reactive ketones (excluding diaryl/α,β-unsaturated/α-hetero) is 1. The molecule has 0 radical (unpaired) electrons. The van der Waals surface area contributed by atoms with Crippen LogP contribution in [-0.2, 0) is 9.59 Å². The molecule has 2 aliphatic rings. The zero-order valence-electron chi connectivity index (χ0n) is 12.5. The molecule has 0 amide bonds. The maximum absolute atomic E-state index is 12.5. The van der Waals surface area contributed by atoms with Gasteiger partial charge in [0.2, 0.25) is 0 Å².